The molecule has 0 spiro atoms. The molecule has 1 amide bonds. The summed E-state index contributed by atoms with van der Waals surface area (Å²) >= 11 is 7.72. The number of amides is 1. The molecular weight excluding hydrogens is 292 g/mol. The summed E-state index contributed by atoms with van der Waals surface area (Å²) in [5.41, 5.74) is 1.09. The molecule has 5 heteroatoms. The quantitative estimate of drug-likeness (QED) is 0.925. The predicted octanol–water partition coefficient (Wildman–Crippen LogP) is 2.92. The van der Waals surface area contributed by atoms with E-state index in [1.54, 1.807) is 11.3 Å². The van der Waals surface area contributed by atoms with E-state index < -0.39 is 0 Å². The molecule has 0 radical (unpaired) electrons. The van der Waals surface area contributed by atoms with Crippen LogP contribution in [0, 0.1) is 0 Å². The molecule has 1 aromatic carbocycles. The smallest absolute Gasteiger partial charge is 0.227 e. The number of hydrogen-bond donors (Lipinski definition) is 1. The third kappa shape index (κ3) is 2.82. The number of hydrogen-bond acceptors (Lipinski definition) is 3. The van der Waals surface area contributed by atoms with E-state index in [1.165, 1.54) is 4.70 Å². The third-order valence-electron chi connectivity index (χ3n) is 3.68. The molecule has 3 rings (SSSR count). The van der Waals surface area contributed by atoms with Crippen molar-refractivity contribution in [3.8, 4) is 0 Å². The molecule has 1 N–H and O–H groups in total. The number of carbonyl (C=O) groups excluding carboxylic acids is 1. The summed E-state index contributed by atoms with van der Waals surface area (Å²) in [5, 5.41) is 7.26. The van der Waals surface area contributed by atoms with E-state index in [0.29, 0.717) is 12.5 Å². The predicted molar refractivity (Wildman–Crippen MR) is 84.6 cm³/mol. The van der Waals surface area contributed by atoms with E-state index in [2.05, 4.69) is 17.6 Å². The Bertz CT molecular complexity index is 640. The number of halogens is 1. The van der Waals surface area contributed by atoms with Gasteiger partial charge in [0.15, 0.2) is 0 Å². The maximum Gasteiger partial charge on any atom is 0.227 e. The summed E-state index contributed by atoms with van der Waals surface area (Å²) in [4.78, 5) is 14.4. The Hall–Kier alpha value is -1.10. The van der Waals surface area contributed by atoms with E-state index >= 15 is 0 Å². The lowest BCUT2D eigenvalue weighted by Crippen LogP contribution is -2.51. The standard InChI is InChI=1S/C15H17ClN2OS/c1-10-8-18(5-4-17-10)15(19)6-11-9-20-14-3-2-12(16)7-13(11)14/h2-3,7,9-10,17H,4-6,8H2,1H3/t10-/m1/s1. The number of thiophene rings is 1. The van der Waals surface area contributed by atoms with Crippen LogP contribution in [-0.4, -0.2) is 36.5 Å². The number of nitrogens with zero attached hydrogens (tertiary/aromatic N) is 1. The minimum Gasteiger partial charge on any atom is -0.340 e. The molecule has 3 nitrogen and oxygen atoms in total. The molecule has 1 atom stereocenters. The molecule has 2 heterocycles. The van der Waals surface area contributed by atoms with Gasteiger partial charge in [-0.25, -0.2) is 0 Å². The highest BCUT2D eigenvalue weighted by molar-refractivity contribution is 7.17. The van der Waals surface area contributed by atoms with E-state index in [9.17, 15) is 4.79 Å². The van der Waals surface area contributed by atoms with Gasteiger partial charge in [-0.1, -0.05) is 11.6 Å². The number of rotatable bonds is 2. The zero-order chi connectivity index (χ0) is 14.1. The highest BCUT2D eigenvalue weighted by Gasteiger charge is 2.21. The molecule has 1 aliphatic heterocycles. The van der Waals surface area contributed by atoms with Gasteiger partial charge in [-0.3, -0.25) is 4.79 Å². The van der Waals surface area contributed by atoms with Gasteiger partial charge in [-0.05, 0) is 41.5 Å². The zero-order valence-electron chi connectivity index (χ0n) is 11.4. The first-order valence-corrected chi connectivity index (χ1v) is 8.06. The van der Waals surface area contributed by atoms with Crippen molar-refractivity contribution in [2.75, 3.05) is 19.6 Å². The topological polar surface area (TPSA) is 32.3 Å². The van der Waals surface area contributed by atoms with Crippen LogP contribution in [0.1, 0.15) is 12.5 Å². The maximum absolute atomic E-state index is 12.4. The molecule has 0 bridgehead atoms. The Morgan fingerprint density at radius 3 is 3.20 bits per heavy atom. The molecule has 1 fully saturated rings. The first kappa shape index (κ1) is 13.9. The van der Waals surface area contributed by atoms with Crippen LogP contribution in [0.15, 0.2) is 23.6 Å². The molecule has 20 heavy (non-hydrogen) atoms. The fraction of sp³-hybridized carbons (Fsp3) is 0.400. The molecular formula is C15H17ClN2OS. The Labute approximate surface area is 127 Å². The monoisotopic (exact) mass is 308 g/mol. The number of piperazine rings is 1. The summed E-state index contributed by atoms with van der Waals surface area (Å²) in [6.07, 6.45) is 0.465. The SMILES string of the molecule is C[C@@H]1CN(C(=O)Cc2csc3ccc(Cl)cc23)CCN1. The Balaban J connectivity index is 1.78. The fourth-order valence-corrected chi connectivity index (χ4v) is 3.74. The van der Waals surface area contributed by atoms with Gasteiger partial charge in [0.05, 0.1) is 6.42 Å². The summed E-state index contributed by atoms with van der Waals surface area (Å²) in [7, 11) is 0. The summed E-state index contributed by atoms with van der Waals surface area (Å²) in [5.74, 6) is 0.207. The Kier molecular flexibility index (Phi) is 3.96. The zero-order valence-corrected chi connectivity index (χ0v) is 12.9. The molecule has 106 valence electrons. The van der Waals surface area contributed by atoms with Crippen LogP contribution in [0.2, 0.25) is 5.02 Å². The van der Waals surface area contributed by atoms with Crippen LogP contribution in [0.3, 0.4) is 0 Å². The second kappa shape index (κ2) is 5.72. The second-order valence-electron chi connectivity index (χ2n) is 5.27. The molecule has 0 unspecified atom stereocenters. The minimum absolute atomic E-state index is 0.207. The molecule has 1 aromatic heterocycles. The maximum atomic E-state index is 12.4. The van der Waals surface area contributed by atoms with Crippen molar-refractivity contribution >= 4 is 38.9 Å². The van der Waals surface area contributed by atoms with Crippen LogP contribution < -0.4 is 5.32 Å². The number of nitrogens with one attached hydrogen (secondary N) is 1. The van der Waals surface area contributed by atoms with Crippen LogP contribution in [0.4, 0.5) is 0 Å². The van der Waals surface area contributed by atoms with Gasteiger partial charge < -0.3 is 10.2 Å². The second-order valence-corrected chi connectivity index (χ2v) is 6.62. The van der Waals surface area contributed by atoms with E-state index in [4.69, 9.17) is 11.6 Å². The fourth-order valence-electron chi connectivity index (χ4n) is 2.62. The summed E-state index contributed by atoms with van der Waals surface area (Å²) < 4.78 is 1.19. The van der Waals surface area contributed by atoms with Crippen molar-refractivity contribution in [1.82, 2.24) is 10.2 Å². The first-order valence-electron chi connectivity index (χ1n) is 6.80. The van der Waals surface area contributed by atoms with Gasteiger partial charge in [0.25, 0.3) is 0 Å². The molecule has 0 saturated carbocycles. The lowest BCUT2D eigenvalue weighted by molar-refractivity contribution is -0.131. The van der Waals surface area contributed by atoms with E-state index in [0.717, 1.165) is 35.6 Å². The molecule has 0 aliphatic carbocycles. The van der Waals surface area contributed by atoms with Gasteiger partial charge in [-0.2, -0.15) is 0 Å². The number of carbonyl (C=O) groups is 1. The molecule has 2 aromatic rings. The van der Waals surface area contributed by atoms with Crippen molar-refractivity contribution in [3.05, 3.63) is 34.2 Å². The van der Waals surface area contributed by atoms with Crippen LogP contribution in [0.25, 0.3) is 10.1 Å². The van der Waals surface area contributed by atoms with Gasteiger partial charge >= 0.3 is 0 Å². The van der Waals surface area contributed by atoms with Crippen LogP contribution >= 0.6 is 22.9 Å². The van der Waals surface area contributed by atoms with Crippen LogP contribution in [-0.2, 0) is 11.2 Å². The van der Waals surface area contributed by atoms with Gasteiger partial charge in [0.1, 0.15) is 0 Å². The van der Waals surface area contributed by atoms with Crippen molar-refractivity contribution in [2.45, 2.75) is 19.4 Å². The Morgan fingerprint density at radius 1 is 1.55 bits per heavy atom. The van der Waals surface area contributed by atoms with E-state index in [1.807, 2.05) is 23.1 Å². The van der Waals surface area contributed by atoms with Gasteiger partial charge in [0, 0.05) is 35.4 Å². The highest BCUT2D eigenvalue weighted by atomic mass is 35.5. The normalized spacial score (nSPS) is 19.5. The average molecular weight is 309 g/mol. The molecule has 1 saturated heterocycles. The summed E-state index contributed by atoms with van der Waals surface area (Å²) in [6.45, 7) is 4.58. The largest absolute Gasteiger partial charge is 0.340 e. The highest BCUT2D eigenvalue weighted by Crippen LogP contribution is 2.29. The van der Waals surface area contributed by atoms with Gasteiger partial charge in [0.2, 0.25) is 5.91 Å². The first-order chi connectivity index (χ1) is 9.63. The van der Waals surface area contributed by atoms with Crippen molar-refractivity contribution in [3.63, 3.8) is 0 Å². The van der Waals surface area contributed by atoms with Gasteiger partial charge in [-0.15, -0.1) is 11.3 Å². The lowest BCUT2D eigenvalue weighted by Gasteiger charge is -2.32. The van der Waals surface area contributed by atoms with Crippen molar-refractivity contribution in [1.29, 1.82) is 0 Å². The average Bonchev–Trinajstić information content (AvgIpc) is 2.81. The Morgan fingerprint density at radius 2 is 2.40 bits per heavy atom. The third-order valence-corrected chi connectivity index (χ3v) is 4.93. The molecule has 1 aliphatic rings. The van der Waals surface area contributed by atoms with Crippen molar-refractivity contribution < 1.29 is 4.79 Å². The number of fused-ring (bicyclic) bond motifs is 1. The van der Waals surface area contributed by atoms with Crippen molar-refractivity contribution in [2.24, 2.45) is 0 Å². The van der Waals surface area contributed by atoms with E-state index in [-0.39, 0.29) is 5.91 Å². The minimum atomic E-state index is 0.207. The van der Waals surface area contributed by atoms with Crippen LogP contribution in [0.5, 0.6) is 0 Å². The lowest BCUT2D eigenvalue weighted by atomic mass is 10.1. The number of benzene rings is 1. The summed E-state index contributed by atoms with van der Waals surface area (Å²) in [6, 6.07) is 6.24.